The van der Waals surface area contributed by atoms with Crippen molar-refractivity contribution in [3.05, 3.63) is 11.3 Å². The van der Waals surface area contributed by atoms with Crippen LogP contribution in [0.25, 0.3) is 0 Å². The minimum atomic E-state index is -1.41. The molecule has 112 valence electrons. The fourth-order valence-electron chi connectivity index (χ4n) is 1.40. The summed E-state index contributed by atoms with van der Waals surface area (Å²) in [6.45, 7) is 5.22. The van der Waals surface area contributed by atoms with E-state index in [0.717, 1.165) is 0 Å². The second kappa shape index (κ2) is 7.74. The van der Waals surface area contributed by atoms with Gasteiger partial charge >= 0.3 is 11.9 Å². The highest BCUT2D eigenvalue weighted by Gasteiger charge is 2.22. The van der Waals surface area contributed by atoms with Gasteiger partial charge in [0, 0.05) is 5.69 Å². The van der Waals surface area contributed by atoms with E-state index in [1.165, 1.54) is 0 Å². The Morgan fingerprint density at radius 2 is 2.05 bits per heavy atom. The number of aromatic nitrogens is 2. The molecule has 0 saturated heterocycles. The summed E-state index contributed by atoms with van der Waals surface area (Å²) in [6.07, 6.45) is 0. The number of nitrogens with one attached hydrogen (secondary N) is 1. The number of ether oxygens (including phenoxy) is 2. The van der Waals surface area contributed by atoms with Gasteiger partial charge in [0.15, 0.2) is 0 Å². The molecule has 1 atom stereocenters. The lowest BCUT2D eigenvalue weighted by atomic mass is 10.2. The van der Waals surface area contributed by atoms with Gasteiger partial charge in [0.25, 0.3) is 6.04 Å². The lowest BCUT2D eigenvalue weighted by Crippen LogP contribution is -2.19. The molecule has 0 aliphatic rings. The first kappa shape index (κ1) is 16.3. The van der Waals surface area contributed by atoms with E-state index in [4.69, 9.17) is 10.00 Å². The van der Waals surface area contributed by atoms with Crippen molar-refractivity contribution in [2.45, 2.75) is 26.8 Å². The van der Waals surface area contributed by atoms with Crippen molar-refractivity contribution in [2.24, 2.45) is 10.2 Å². The van der Waals surface area contributed by atoms with Crippen LogP contribution in [0.3, 0.4) is 0 Å². The van der Waals surface area contributed by atoms with Gasteiger partial charge < -0.3 is 9.47 Å². The maximum absolute atomic E-state index is 11.8. The van der Waals surface area contributed by atoms with Gasteiger partial charge in [-0.2, -0.15) is 15.5 Å². The second-order valence-electron chi connectivity index (χ2n) is 3.77. The maximum Gasteiger partial charge on any atom is 0.347 e. The van der Waals surface area contributed by atoms with E-state index in [2.05, 4.69) is 25.2 Å². The molecule has 0 aliphatic carbocycles. The number of nitrogens with zero attached hydrogens (tertiary/aromatic N) is 4. The summed E-state index contributed by atoms with van der Waals surface area (Å²) in [7, 11) is 0. The van der Waals surface area contributed by atoms with Crippen LogP contribution in [0.2, 0.25) is 0 Å². The first-order valence-electron chi connectivity index (χ1n) is 6.24. The normalized spacial score (nSPS) is 11.9. The van der Waals surface area contributed by atoms with Crippen LogP contribution in [0.1, 0.15) is 29.9 Å². The van der Waals surface area contributed by atoms with E-state index >= 15 is 0 Å². The third-order valence-electron chi connectivity index (χ3n) is 2.31. The predicted molar refractivity (Wildman–Crippen MR) is 69.8 cm³/mol. The number of aromatic amines is 1. The van der Waals surface area contributed by atoms with Crippen molar-refractivity contribution in [2.75, 3.05) is 13.2 Å². The summed E-state index contributed by atoms with van der Waals surface area (Å²) in [5.74, 6) is -1.47. The fourth-order valence-corrected chi connectivity index (χ4v) is 1.40. The number of esters is 2. The highest BCUT2D eigenvalue weighted by Crippen LogP contribution is 2.21. The number of rotatable bonds is 6. The predicted octanol–water partition coefficient (Wildman–Crippen LogP) is 1.43. The molecule has 1 aromatic heterocycles. The Hall–Kier alpha value is -2.76. The van der Waals surface area contributed by atoms with Crippen LogP contribution >= 0.6 is 0 Å². The Kier molecular flexibility index (Phi) is 6.00. The molecule has 1 heterocycles. The Bertz CT molecular complexity index is 587. The highest BCUT2D eigenvalue weighted by atomic mass is 16.5. The van der Waals surface area contributed by atoms with E-state index in [0.29, 0.717) is 5.69 Å². The van der Waals surface area contributed by atoms with Crippen LogP contribution in [0.4, 0.5) is 5.82 Å². The highest BCUT2D eigenvalue weighted by molar-refractivity contribution is 5.95. The van der Waals surface area contributed by atoms with E-state index in [9.17, 15) is 9.59 Å². The topological polar surface area (TPSA) is 130 Å². The largest absolute Gasteiger partial charge is 0.464 e. The molecule has 0 amide bonds. The van der Waals surface area contributed by atoms with Crippen LogP contribution in [0.5, 0.6) is 0 Å². The molecule has 0 spiro atoms. The number of aryl methyl sites for hydroxylation is 1. The van der Waals surface area contributed by atoms with Crippen molar-refractivity contribution in [1.29, 1.82) is 5.26 Å². The van der Waals surface area contributed by atoms with Crippen LogP contribution in [0.15, 0.2) is 10.2 Å². The van der Waals surface area contributed by atoms with Crippen molar-refractivity contribution in [3.8, 4) is 6.07 Å². The summed E-state index contributed by atoms with van der Waals surface area (Å²) in [4.78, 5) is 23.2. The molecule has 0 saturated carbocycles. The standard InChI is InChI=1S/C12H15N5O4/c1-4-20-11(18)8(6-13)15-17-10-9(7(3)14-16-10)12(19)21-5-2/h8H,4-5H2,1-3H3,(H,14,16). The molecule has 0 bridgehead atoms. The van der Waals surface area contributed by atoms with E-state index in [1.807, 2.05) is 0 Å². The second-order valence-corrected chi connectivity index (χ2v) is 3.77. The third-order valence-corrected chi connectivity index (χ3v) is 2.31. The molecule has 1 unspecified atom stereocenters. The molecular formula is C12H15N5O4. The van der Waals surface area contributed by atoms with Gasteiger partial charge in [-0.3, -0.25) is 5.10 Å². The van der Waals surface area contributed by atoms with Gasteiger partial charge in [-0.15, -0.1) is 5.11 Å². The molecule has 9 nitrogen and oxygen atoms in total. The zero-order chi connectivity index (χ0) is 15.8. The summed E-state index contributed by atoms with van der Waals surface area (Å²) >= 11 is 0. The fraction of sp³-hybridized carbons (Fsp3) is 0.500. The Labute approximate surface area is 121 Å². The lowest BCUT2D eigenvalue weighted by molar-refractivity contribution is -0.143. The number of H-pyrrole nitrogens is 1. The first-order chi connectivity index (χ1) is 10.0. The van der Waals surface area contributed by atoms with E-state index in [-0.39, 0.29) is 24.6 Å². The zero-order valence-corrected chi connectivity index (χ0v) is 11.9. The molecule has 0 fully saturated rings. The minimum absolute atomic E-state index is 0.0458. The van der Waals surface area contributed by atoms with Gasteiger partial charge in [-0.25, -0.2) is 9.59 Å². The van der Waals surface area contributed by atoms with Gasteiger partial charge in [0.05, 0.1) is 13.2 Å². The average molecular weight is 293 g/mol. The van der Waals surface area contributed by atoms with Gasteiger partial charge in [0.1, 0.15) is 11.6 Å². The summed E-state index contributed by atoms with van der Waals surface area (Å²) in [5, 5.41) is 22.4. The quantitative estimate of drug-likeness (QED) is 0.623. The molecular weight excluding hydrogens is 278 g/mol. The van der Waals surface area contributed by atoms with Gasteiger partial charge in [-0.05, 0) is 20.8 Å². The van der Waals surface area contributed by atoms with Crippen LogP contribution in [-0.4, -0.2) is 41.4 Å². The number of carbonyl (C=O) groups excluding carboxylic acids is 2. The molecule has 0 aromatic carbocycles. The SMILES string of the molecule is CCOC(=O)c1c(N=NC(C#N)C(=O)OCC)n[nH]c1C. The number of hydrogen-bond acceptors (Lipinski definition) is 8. The molecule has 1 rings (SSSR count). The van der Waals surface area contributed by atoms with E-state index < -0.39 is 18.0 Å². The average Bonchev–Trinajstić information content (AvgIpc) is 2.81. The summed E-state index contributed by atoms with van der Waals surface area (Å²) in [5.41, 5.74) is 0.563. The van der Waals surface area contributed by atoms with Crippen LogP contribution < -0.4 is 0 Å². The molecule has 0 aliphatic heterocycles. The Morgan fingerprint density at radius 3 is 2.62 bits per heavy atom. The Balaban J connectivity index is 2.97. The monoisotopic (exact) mass is 293 g/mol. The minimum Gasteiger partial charge on any atom is -0.464 e. The third kappa shape index (κ3) is 4.10. The maximum atomic E-state index is 11.8. The molecule has 0 radical (unpaired) electrons. The molecule has 1 aromatic rings. The number of azo groups is 1. The molecule has 21 heavy (non-hydrogen) atoms. The first-order valence-corrected chi connectivity index (χ1v) is 6.24. The molecule has 9 heteroatoms. The number of nitriles is 1. The summed E-state index contributed by atoms with van der Waals surface area (Å²) < 4.78 is 9.54. The van der Waals surface area contributed by atoms with Gasteiger partial charge in [0.2, 0.25) is 5.82 Å². The lowest BCUT2D eigenvalue weighted by Gasteiger charge is -2.02. The van der Waals surface area contributed by atoms with Crippen LogP contribution in [-0.2, 0) is 14.3 Å². The van der Waals surface area contributed by atoms with Crippen molar-refractivity contribution in [1.82, 2.24) is 10.2 Å². The molecule has 1 N–H and O–H groups in total. The van der Waals surface area contributed by atoms with Crippen molar-refractivity contribution in [3.63, 3.8) is 0 Å². The van der Waals surface area contributed by atoms with Crippen molar-refractivity contribution < 1.29 is 19.1 Å². The zero-order valence-electron chi connectivity index (χ0n) is 11.9. The number of hydrogen-bond donors (Lipinski definition) is 1. The van der Waals surface area contributed by atoms with E-state index in [1.54, 1.807) is 26.8 Å². The number of carbonyl (C=O) groups is 2. The smallest absolute Gasteiger partial charge is 0.347 e. The summed E-state index contributed by atoms with van der Waals surface area (Å²) in [6, 6.07) is 0.243. The van der Waals surface area contributed by atoms with Crippen molar-refractivity contribution >= 4 is 17.8 Å². The Morgan fingerprint density at radius 1 is 1.38 bits per heavy atom. The van der Waals surface area contributed by atoms with Crippen LogP contribution in [0, 0.1) is 18.3 Å². The van der Waals surface area contributed by atoms with Gasteiger partial charge in [-0.1, -0.05) is 0 Å².